The van der Waals surface area contributed by atoms with E-state index >= 15 is 0 Å². The summed E-state index contributed by atoms with van der Waals surface area (Å²) in [4.78, 5) is 25.2. The summed E-state index contributed by atoms with van der Waals surface area (Å²) in [7, 11) is 0. The van der Waals surface area contributed by atoms with Crippen molar-refractivity contribution in [2.24, 2.45) is 0 Å². The molecule has 2 N–H and O–H groups in total. The Kier molecular flexibility index (Phi) is 8.52. The summed E-state index contributed by atoms with van der Waals surface area (Å²) in [5, 5.41) is 14.0. The first kappa shape index (κ1) is 27.4. The first-order valence-electron chi connectivity index (χ1n) is 11.3. The number of aryl methyl sites for hydroxylation is 1. The van der Waals surface area contributed by atoms with Crippen LogP contribution in [-0.2, 0) is 17.5 Å². The Labute approximate surface area is 229 Å². The number of carbonyl (C=O) groups excluding carboxylic acids is 2. The van der Waals surface area contributed by atoms with Gasteiger partial charge in [-0.25, -0.2) is 0 Å². The Hall–Kier alpha value is -3.64. The number of nitrogens with one attached hydrogen (secondary N) is 2. The maximum Gasteiger partial charge on any atom is 0.417 e. The fourth-order valence-electron chi connectivity index (χ4n) is 3.59. The fraction of sp³-hybridized carbons (Fsp3) is 0.154. The van der Waals surface area contributed by atoms with Gasteiger partial charge in [0.15, 0.2) is 11.0 Å². The van der Waals surface area contributed by atoms with E-state index in [0.717, 1.165) is 33.9 Å². The minimum absolute atomic E-state index is 0.0356. The Bertz CT molecular complexity index is 1460. The van der Waals surface area contributed by atoms with Gasteiger partial charge in [0.25, 0.3) is 5.91 Å². The molecule has 0 aliphatic carbocycles. The van der Waals surface area contributed by atoms with Crippen LogP contribution in [0.3, 0.4) is 0 Å². The number of hydrogen-bond acceptors (Lipinski definition) is 5. The monoisotopic (exact) mass is 603 g/mol. The Morgan fingerprint density at radius 3 is 2.45 bits per heavy atom. The van der Waals surface area contributed by atoms with Gasteiger partial charge >= 0.3 is 6.18 Å². The van der Waals surface area contributed by atoms with Gasteiger partial charge in [-0.05, 0) is 61.0 Å². The number of nitrogens with zero attached hydrogens (tertiary/aromatic N) is 3. The van der Waals surface area contributed by atoms with E-state index in [2.05, 4.69) is 36.8 Å². The lowest BCUT2D eigenvalue weighted by Crippen LogP contribution is -2.27. The summed E-state index contributed by atoms with van der Waals surface area (Å²) in [6, 6.07) is 19.1. The second kappa shape index (κ2) is 11.8. The molecule has 0 aliphatic heterocycles. The molecular weight excluding hydrogens is 583 g/mol. The number of halogens is 4. The van der Waals surface area contributed by atoms with Gasteiger partial charge in [-0.3, -0.25) is 14.2 Å². The lowest BCUT2D eigenvalue weighted by atomic mass is 10.1. The van der Waals surface area contributed by atoms with Crippen LogP contribution >= 0.6 is 27.7 Å². The van der Waals surface area contributed by atoms with Crippen LogP contribution in [0.5, 0.6) is 0 Å². The summed E-state index contributed by atoms with van der Waals surface area (Å²) in [5.74, 6) is -0.820. The van der Waals surface area contributed by atoms with E-state index in [-0.39, 0.29) is 24.0 Å². The van der Waals surface area contributed by atoms with Gasteiger partial charge < -0.3 is 10.6 Å². The zero-order valence-electron chi connectivity index (χ0n) is 19.9. The zero-order valence-corrected chi connectivity index (χ0v) is 22.3. The molecule has 1 aromatic heterocycles. The molecule has 0 spiro atoms. The first-order chi connectivity index (χ1) is 18.1. The van der Waals surface area contributed by atoms with Gasteiger partial charge in [-0.2, -0.15) is 13.2 Å². The van der Waals surface area contributed by atoms with E-state index in [9.17, 15) is 22.8 Å². The zero-order chi connectivity index (χ0) is 27.3. The second-order valence-corrected chi connectivity index (χ2v) is 10.0. The molecule has 0 unspecified atom stereocenters. The lowest BCUT2D eigenvalue weighted by Gasteiger charge is -2.14. The van der Waals surface area contributed by atoms with Gasteiger partial charge in [-0.15, -0.1) is 10.2 Å². The molecule has 0 radical (unpaired) electrons. The molecule has 0 fully saturated rings. The third-order valence-corrected chi connectivity index (χ3v) is 6.76. The molecule has 2 amide bonds. The van der Waals surface area contributed by atoms with E-state index in [1.165, 1.54) is 12.1 Å². The molecular formula is C26H21BrF3N5O2S. The van der Waals surface area contributed by atoms with Crippen molar-refractivity contribution >= 4 is 45.2 Å². The predicted octanol–water partition coefficient (Wildman–Crippen LogP) is 6.02. The molecule has 4 aromatic rings. The average molecular weight is 604 g/mol. The van der Waals surface area contributed by atoms with E-state index in [1.54, 1.807) is 34.9 Å². The number of alkyl halides is 3. The van der Waals surface area contributed by atoms with Crippen LogP contribution in [0.1, 0.15) is 27.3 Å². The van der Waals surface area contributed by atoms with Gasteiger partial charge in [0.1, 0.15) is 0 Å². The number of amides is 2. The highest BCUT2D eigenvalue weighted by Crippen LogP contribution is 2.32. The number of rotatable bonds is 8. The van der Waals surface area contributed by atoms with E-state index in [4.69, 9.17) is 0 Å². The van der Waals surface area contributed by atoms with Crippen LogP contribution in [0.4, 0.5) is 18.9 Å². The molecule has 12 heteroatoms. The summed E-state index contributed by atoms with van der Waals surface area (Å²) in [6.07, 6.45) is -4.67. The molecule has 0 aliphatic rings. The standard InChI is InChI=1S/C26H21BrF3N5O2S/c1-16-5-4-6-18(13-16)32-23(36)15-38-25-34-33-22(35(25)19-11-9-17(27)10-12-19)14-31-24(37)20-7-2-3-8-21(20)26(28,29)30/h2-13H,14-15H2,1H3,(H,31,37)(H,32,36). The summed E-state index contributed by atoms with van der Waals surface area (Å²) in [6.45, 7) is 1.73. The van der Waals surface area contributed by atoms with Crippen LogP contribution in [0.2, 0.25) is 0 Å². The van der Waals surface area contributed by atoms with Crippen molar-refractivity contribution in [2.75, 3.05) is 11.1 Å². The molecule has 1 heterocycles. The number of hydrogen-bond donors (Lipinski definition) is 2. The summed E-state index contributed by atoms with van der Waals surface area (Å²) < 4.78 is 42.5. The van der Waals surface area contributed by atoms with Crippen molar-refractivity contribution in [3.8, 4) is 5.69 Å². The highest BCUT2D eigenvalue weighted by molar-refractivity contribution is 9.10. The predicted molar refractivity (Wildman–Crippen MR) is 142 cm³/mol. The average Bonchev–Trinajstić information content (AvgIpc) is 3.29. The third kappa shape index (κ3) is 6.81. The van der Waals surface area contributed by atoms with Gasteiger partial charge in [-0.1, -0.05) is 52.0 Å². The van der Waals surface area contributed by atoms with Gasteiger partial charge in [0, 0.05) is 15.8 Å². The third-order valence-electron chi connectivity index (χ3n) is 5.30. The highest BCUT2D eigenvalue weighted by atomic mass is 79.9. The lowest BCUT2D eigenvalue weighted by molar-refractivity contribution is -0.138. The molecule has 0 bridgehead atoms. The van der Waals surface area contributed by atoms with Crippen molar-refractivity contribution in [3.05, 3.63) is 99.8 Å². The molecule has 7 nitrogen and oxygen atoms in total. The summed E-state index contributed by atoms with van der Waals surface area (Å²) >= 11 is 4.52. The molecule has 0 saturated carbocycles. The Morgan fingerprint density at radius 1 is 1.00 bits per heavy atom. The van der Waals surface area contributed by atoms with Crippen molar-refractivity contribution in [1.29, 1.82) is 0 Å². The molecule has 38 heavy (non-hydrogen) atoms. The molecule has 196 valence electrons. The van der Waals surface area contributed by atoms with E-state index < -0.39 is 23.2 Å². The van der Waals surface area contributed by atoms with E-state index in [1.807, 2.05) is 25.1 Å². The highest BCUT2D eigenvalue weighted by Gasteiger charge is 2.34. The normalized spacial score (nSPS) is 11.3. The minimum atomic E-state index is -4.67. The molecule has 0 atom stereocenters. The van der Waals surface area contributed by atoms with Crippen molar-refractivity contribution < 1.29 is 22.8 Å². The number of benzene rings is 3. The molecule has 3 aromatic carbocycles. The number of thioether (sulfide) groups is 1. The number of anilines is 1. The van der Waals surface area contributed by atoms with Crippen LogP contribution in [0.25, 0.3) is 5.69 Å². The topological polar surface area (TPSA) is 88.9 Å². The number of carbonyl (C=O) groups is 2. The minimum Gasteiger partial charge on any atom is -0.345 e. The largest absolute Gasteiger partial charge is 0.417 e. The maximum atomic E-state index is 13.4. The van der Waals surface area contributed by atoms with Gasteiger partial charge in [0.05, 0.1) is 23.4 Å². The fourth-order valence-corrected chi connectivity index (χ4v) is 4.63. The van der Waals surface area contributed by atoms with Crippen molar-refractivity contribution in [3.63, 3.8) is 0 Å². The second-order valence-electron chi connectivity index (χ2n) is 8.14. The van der Waals surface area contributed by atoms with Crippen molar-refractivity contribution in [2.45, 2.75) is 24.8 Å². The Morgan fingerprint density at radius 2 is 1.74 bits per heavy atom. The number of aromatic nitrogens is 3. The maximum absolute atomic E-state index is 13.4. The van der Waals surface area contributed by atoms with E-state index in [0.29, 0.717) is 16.5 Å². The van der Waals surface area contributed by atoms with Crippen LogP contribution in [-0.4, -0.2) is 32.3 Å². The van der Waals surface area contributed by atoms with Crippen LogP contribution < -0.4 is 10.6 Å². The Balaban J connectivity index is 1.53. The van der Waals surface area contributed by atoms with Crippen molar-refractivity contribution in [1.82, 2.24) is 20.1 Å². The molecule has 0 saturated heterocycles. The summed E-state index contributed by atoms with van der Waals surface area (Å²) in [5.41, 5.74) is 0.821. The SMILES string of the molecule is Cc1cccc(NC(=O)CSc2nnc(CNC(=O)c3ccccc3C(F)(F)F)n2-c2ccc(Br)cc2)c1. The van der Waals surface area contributed by atoms with Crippen LogP contribution in [0.15, 0.2) is 82.4 Å². The molecule has 4 rings (SSSR count). The smallest absolute Gasteiger partial charge is 0.345 e. The quantitative estimate of drug-likeness (QED) is 0.240. The first-order valence-corrected chi connectivity index (χ1v) is 13.0. The van der Waals surface area contributed by atoms with Crippen LogP contribution in [0, 0.1) is 6.92 Å². The van der Waals surface area contributed by atoms with Gasteiger partial charge in [0.2, 0.25) is 5.91 Å².